The maximum Gasteiger partial charge on any atom is 0.278 e. The molecule has 1 saturated heterocycles. The van der Waals surface area contributed by atoms with Crippen LogP contribution in [0.15, 0.2) is 72.2 Å². The van der Waals surface area contributed by atoms with E-state index in [0.717, 1.165) is 37.4 Å². The number of nitrogens with zero attached hydrogens (tertiary/aromatic N) is 6. The van der Waals surface area contributed by atoms with E-state index in [-0.39, 0.29) is 12.1 Å². The van der Waals surface area contributed by atoms with Crippen LogP contribution in [0.1, 0.15) is 0 Å². The first-order chi connectivity index (χ1) is 17.6. The molecule has 0 unspecified atom stereocenters. The lowest BCUT2D eigenvalue weighted by molar-refractivity contribution is 0.313. The van der Waals surface area contributed by atoms with E-state index in [2.05, 4.69) is 51.0 Å². The molecule has 5 rings (SSSR count). The number of hydrogen-bond donors (Lipinski definition) is 1. The number of methoxy groups -OCH3 is 1. The third-order valence-corrected chi connectivity index (χ3v) is 6.34. The van der Waals surface area contributed by atoms with Gasteiger partial charge >= 0.3 is 0 Å². The molecule has 0 amide bonds. The molecule has 2 aromatic heterocycles. The number of hydrogen-bond acceptors (Lipinski definition) is 8. The van der Waals surface area contributed by atoms with Crippen molar-refractivity contribution >= 4 is 28.2 Å². The second-order valence-electron chi connectivity index (χ2n) is 8.77. The molecule has 3 heterocycles. The van der Waals surface area contributed by atoms with Crippen LogP contribution in [0.25, 0.3) is 22.2 Å². The quantitative estimate of drug-likeness (QED) is 0.400. The predicted molar refractivity (Wildman–Crippen MR) is 143 cm³/mol. The molecule has 0 radical (unpaired) electrons. The fourth-order valence-corrected chi connectivity index (χ4v) is 4.29. The van der Waals surface area contributed by atoms with Gasteiger partial charge in [0.1, 0.15) is 17.0 Å². The van der Waals surface area contributed by atoms with Crippen LogP contribution in [0.3, 0.4) is 0 Å². The van der Waals surface area contributed by atoms with Crippen molar-refractivity contribution in [2.45, 2.75) is 6.54 Å². The summed E-state index contributed by atoms with van der Waals surface area (Å²) in [6, 6.07) is 15.8. The molecule has 36 heavy (non-hydrogen) atoms. The average molecular weight is 484 g/mol. The van der Waals surface area contributed by atoms with Crippen molar-refractivity contribution in [3.05, 3.63) is 77.7 Å². The number of aromatic nitrogens is 4. The number of piperazine rings is 1. The minimum atomic E-state index is -0.264. The van der Waals surface area contributed by atoms with Crippen molar-refractivity contribution in [3.8, 4) is 17.0 Å². The van der Waals surface area contributed by atoms with E-state index in [9.17, 15) is 4.79 Å². The van der Waals surface area contributed by atoms with Gasteiger partial charge in [0.05, 0.1) is 19.0 Å². The van der Waals surface area contributed by atoms with Gasteiger partial charge in [-0.15, -0.1) is 6.58 Å². The highest BCUT2D eigenvalue weighted by atomic mass is 16.5. The highest BCUT2D eigenvalue weighted by Crippen LogP contribution is 2.28. The summed E-state index contributed by atoms with van der Waals surface area (Å²) in [5, 5.41) is 8.26. The van der Waals surface area contributed by atoms with E-state index < -0.39 is 0 Å². The van der Waals surface area contributed by atoms with Crippen LogP contribution in [-0.2, 0) is 6.54 Å². The highest BCUT2D eigenvalue weighted by Gasteiger charge is 2.17. The minimum Gasteiger partial charge on any atom is -0.497 e. The molecule has 1 fully saturated rings. The molecule has 2 aromatic carbocycles. The van der Waals surface area contributed by atoms with E-state index in [1.807, 2.05) is 36.4 Å². The van der Waals surface area contributed by atoms with Gasteiger partial charge in [-0.25, -0.2) is 14.6 Å². The Balaban J connectivity index is 1.49. The zero-order valence-electron chi connectivity index (χ0n) is 20.5. The van der Waals surface area contributed by atoms with Gasteiger partial charge in [-0.2, -0.15) is 5.10 Å². The summed E-state index contributed by atoms with van der Waals surface area (Å²) in [6.07, 6.45) is 3.19. The molecule has 184 valence electrons. The molecule has 9 heteroatoms. The van der Waals surface area contributed by atoms with Gasteiger partial charge in [0.15, 0.2) is 0 Å². The monoisotopic (exact) mass is 483 g/mol. The largest absolute Gasteiger partial charge is 0.497 e. The molecule has 0 spiro atoms. The van der Waals surface area contributed by atoms with Gasteiger partial charge in [0.2, 0.25) is 5.95 Å². The number of rotatable bonds is 7. The van der Waals surface area contributed by atoms with E-state index in [1.165, 1.54) is 10.4 Å². The highest BCUT2D eigenvalue weighted by molar-refractivity contribution is 5.91. The number of likely N-dealkylation sites (N-methyl/N-ethyl adjacent to an activating group) is 1. The number of anilines is 3. The van der Waals surface area contributed by atoms with Crippen molar-refractivity contribution in [1.82, 2.24) is 24.6 Å². The lowest BCUT2D eigenvalue weighted by Gasteiger charge is -2.34. The van der Waals surface area contributed by atoms with E-state index in [1.54, 1.807) is 19.4 Å². The van der Waals surface area contributed by atoms with Crippen LogP contribution < -0.4 is 20.5 Å². The standard InChI is InChI=1S/C27H29N7O2/c1-4-12-34-26(35)23-18-28-27(30-25(23)24(31-34)19-6-5-7-22(17-19)36-3)29-20-8-10-21(11-9-20)33-15-13-32(2)14-16-33/h4-11,17-18H,1,12-16H2,2-3H3,(H,28,29,30). The molecule has 1 N–H and O–H groups in total. The third kappa shape index (κ3) is 4.78. The molecule has 9 nitrogen and oxygen atoms in total. The Labute approximate surface area is 209 Å². The molecular formula is C27H29N7O2. The van der Waals surface area contributed by atoms with Crippen LogP contribution >= 0.6 is 0 Å². The first kappa shape index (κ1) is 23.5. The Kier molecular flexibility index (Phi) is 6.64. The Morgan fingerprint density at radius 1 is 1.11 bits per heavy atom. The van der Waals surface area contributed by atoms with Gasteiger partial charge in [-0.1, -0.05) is 18.2 Å². The zero-order chi connectivity index (χ0) is 25.1. The van der Waals surface area contributed by atoms with Crippen LogP contribution in [0, 0.1) is 0 Å². The molecule has 1 aliphatic heterocycles. The van der Waals surface area contributed by atoms with Crippen molar-refractivity contribution < 1.29 is 4.74 Å². The topological polar surface area (TPSA) is 88.4 Å². The van der Waals surface area contributed by atoms with Crippen molar-refractivity contribution in [3.63, 3.8) is 0 Å². The number of nitrogens with one attached hydrogen (secondary N) is 1. The molecule has 4 aromatic rings. The Bertz CT molecular complexity index is 1440. The van der Waals surface area contributed by atoms with E-state index in [0.29, 0.717) is 28.3 Å². The first-order valence-electron chi connectivity index (χ1n) is 11.9. The number of allylic oxidation sites excluding steroid dienone is 1. The van der Waals surface area contributed by atoms with Gasteiger partial charge in [0, 0.05) is 49.3 Å². The molecule has 0 aliphatic carbocycles. The summed E-state index contributed by atoms with van der Waals surface area (Å²) in [5.74, 6) is 1.08. The number of fused-ring (bicyclic) bond motifs is 1. The van der Waals surface area contributed by atoms with Gasteiger partial charge in [0.25, 0.3) is 5.56 Å². The summed E-state index contributed by atoms with van der Waals surface area (Å²) in [6.45, 7) is 8.17. The molecule has 1 aliphatic rings. The second-order valence-corrected chi connectivity index (χ2v) is 8.77. The number of ether oxygens (including phenoxy) is 1. The molecule has 0 atom stereocenters. The summed E-state index contributed by atoms with van der Waals surface area (Å²) >= 11 is 0. The van der Waals surface area contributed by atoms with Gasteiger partial charge < -0.3 is 19.9 Å². The summed E-state index contributed by atoms with van der Waals surface area (Å²) in [4.78, 5) is 26.9. The molecular weight excluding hydrogens is 454 g/mol. The van der Waals surface area contributed by atoms with Gasteiger partial charge in [-0.05, 0) is 43.4 Å². The minimum absolute atomic E-state index is 0.264. The summed E-state index contributed by atoms with van der Waals surface area (Å²) in [7, 11) is 3.76. The summed E-state index contributed by atoms with van der Waals surface area (Å²) < 4.78 is 6.76. The zero-order valence-corrected chi connectivity index (χ0v) is 20.5. The fraction of sp³-hybridized carbons (Fsp3) is 0.259. The van der Waals surface area contributed by atoms with Crippen molar-refractivity contribution in [2.75, 3.05) is 50.6 Å². The summed E-state index contributed by atoms with van der Waals surface area (Å²) in [5.41, 5.74) is 3.63. The lowest BCUT2D eigenvalue weighted by Crippen LogP contribution is -2.44. The smallest absolute Gasteiger partial charge is 0.278 e. The number of benzene rings is 2. The van der Waals surface area contributed by atoms with Crippen molar-refractivity contribution in [2.24, 2.45) is 0 Å². The molecule has 0 bridgehead atoms. The van der Waals surface area contributed by atoms with Crippen LogP contribution in [-0.4, -0.2) is 65.0 Å². The van der Waals surface area contributed by atoms with E-state index in [4.69, 9.17) is 9.72 Å². The maximum absolute atomic E-state index is 13.0. The second kappa shape index (κ2) is 10.2. The third-order valence-electron chi connectivity index (χ3n) is 6.34. The normalized spacial score (nSPS) is 14.1. The predicted octanol–water partition coefficient (Wildman–Crippen LogP) is 3.54. The van der Waals surface area contributed by atoms with E-state index >= 15 is 0 Å². The maximum atomic E-state index is 13.0. The average Bonchev–Trinajstić information content (AvgIpc) is 2.91. The van der Waals surface area contributed by atoms with Crippen LogP contribution in [0.2, 0.25) is 0 Å². The Morgan fingerprint density at radius 2 is 1.89 bits per heavy atom. The fourth-order valence-electron chi connectivity index (χ4n) is 4.29. The van der Waals surface area contributed by atoms with Gasteiger partial charge in [-0.3, -0.25) is 4.79 Å². The van der Waals surface area contributed by atoms with Crippen LogP contribution in [0.4, 0.5) is 17.3 Å². The Morgan fingerprint density at radius 3 is 2.61 bits per heavy atom. The first-order valence-corrected chi connectivity index (χ1v) is 11.9. The molecule has 0 saturated carbocycles. The SMILES string of the molecule is C=CCn1nc(-c2cccc(OC)c2)c2nc(Nc3ccc(N4CCN(C)CC4)cc3)ncc2c1=O. The lowest BCUT2D eigenvalue weighted by atomic mass is 10.1. The van der Waals surface area contributed by atoms with Crippen molar-refractivity contribution in [1.29, 1.82) is 0 Å². The van der Waals surface area contributed by atoms with Crippen LogP contribution in [0.5, 0.6) is 5.75 Å². The Hall–Kier alpha value is -4.24.